The van der Waals surface area contributed by atoms with Gasteiger partial charge in [0.2, 0.25) is 0 Å². The highest BCUT2D eigenvalue weighted by molar-refractivity contribution is 9.10. The van der Waals surface area contributed by atoms with Gasteiger partial charge in [-0.25, -0.2) is 4.98 Å². The Bertz CT molecular complexity index is 892. The van der Waals surface area contributed by atoms with E-state index in [1.165, 1.54) is 27.6 Å². The quantitative estimate of drug-likeness (QED) is 0.656. The molecule has 4 nitrogen and oxygen atoms in total. The van der Waals surface area contributed by atoms with Crippen molar-refractivity contribution in [2.45, 2.75) is 34.2 Å². The van der Waals surface area contributed by atoms with Crippen molar-refractivity contribution in [3.05, 3.63) is 44.0 Å². The maximum atomic E-state index is 6.60. The average Bonchev–Trinajstić information content (AvgIpc) is 2.99. The van der Waals surface area contributed by atoms with Gasteiger partial charge in [-0.05, 0) is 65.9 Å². The lowest BCUT2D eigenvalue weighted by molar-refractivity contribution is 0.713. The van der Waals surface area contributed by atoms with E-state index in [0.717, 1.165) is 15.8 Å². The monoisotopic (exact) mass is 380 g/mol. The molecule has 0 N–H and O–H groups in total. The second kappa shape index (κ2) is 5.39. The fraction of sp³-hybridized carbons (Fsp3) is 0.375. The Kier molecular flexibility index (Phi) is 3.81. The first-order valence-corrected chi connectivity index (χ1v) is 8.28. The summed E-state index contributed by atoms with van der Waals surface area (Å²) < 4.78 is 4.74. The molecule has 3 rings (SSSR count). The summed E-state index contributed by atoms with van der Waals surface area (Å²) in [6.45, 7) is 9.18. The molecular formula is C16H18BrClN4. The van der Waals surface area contributed by atoms with Crippen LogP contribution in [0.25, 0.3) is 10.9 Å². The van der Waals surface area contributed by atoms with Gasteiger partial charge in [0.25, 0.3) is 0 Å². The molecule has 22 heavy (non-hydrogen) atoms. The van der Waals surface area contributed by atoms with Crippen LogP contribution in [0, 0.1) is 27.7 Å². The molecule has 1 aromatic carbocycles. The van der Waals surface area contributed by atoms with Crippen molar-refractivity contribution >= 4 is 38.4 Å². The number of hydrogen-bond acceptors (Lipinski definition) is 2. The summed E-state index contributed by atoms with van der Waals surface area (Å²) in [4.78, 5) is 4.32. The van der Waals surface area contributed by atoms with E-state index < -0.39 is 0 Å². The van der Waals surface area contributed by atoms with Crippen LogP contribution in [-0.2, 0) is 13.6 Å². The summed E-state index contributed by atoms with van der Waals surface area (Å²) in [7, 11) is 1.87. The maximum Gasteiger partial charge on any atom is 0.170 e. The van der Waals surface area contributed by atoms with Crippen molar-refractivity contribution in [1.82, 2.24) is 19.3 Å². The molecule has 0 atom stereocenters. The van der Waals surface area contributed by atoms with E-state index in [-0.39, 0.29) is 0 Å². The van der Waals surface area contributed by atoms with Gasteiger partial charge in [0.1, 0.15) is 11.5 Å². The third-order valence-corrected chi connectivity index (χ3v) is 5.90. The number of hydrogen-bond donors (Lipinski definition) is 0. The topological polar surface area (TPSA) is 35.6 Å². The molecule has 116 valence electrons. The highest BCUT2D eigenvalue weighted by Crippen LogP contribution is 2.40. The number of halogens is 2. The first-order valence-electron chi connectivity index (χ1n) is 7.11. The lowest BCUT2D eigenvalue weighted by Gasteiger charge is -2.13. The van der Waals surface area contributed by atoms with E-state index in [2.05, 4.69) is 58.3 Å². The maximum absolute atomic E-state index is 6.60. The zero-order valence-corrected chi connectivity index (χ0v) is 15.7. The summed E-state index contributed by atoms with van der Waals surface area (Å²) in [6, 6.07) is 0. The molecule has 6 heteroatoms. The predicted molar refractivity (Wildman–Crippen MR) is 93.7 cm³/mol. The van der Waals surface area contributed by atoms with E-state index in [1.54, 1.807) is 11.0 Å². The van der Waals surface area contributed by atoms with E-state index in [0.29, 0.717) is 11.7 Å². The molecule has 0 bridgehead atoms. The van der Waals surface area contributed by atoms with E-state index in [9.17, 15) is 0 Å². The van der Waals surface area contributed by atoms with Crippen LogP contribution in [0.4, 0.5) is 0 Å². The molecule has 2 heterocycles. The minimum Gasteiger partial charge on any atom is -0.323 e. The molecule has 2 aromatic heterocycles. The second-order valence-corrected chi connectivity index (χ2v) is 6.90. The van der Waals surface area contributed by atoms with Crippen molar-refractivity contribution in [3.8, 4) is 0 Å². The first-order chi connectivity index (χ1) is 10.3. The zero-order chi connectivity index (χ0) is 16.2. The molecule has 0 radical (unpaired) electrons. The molecule has 0 saturated carbocycles. The van der Waals surface area contributed by atoms with Gasteiger partial charge in [-0.2, -0.15) is 5.10 Å². The van der Waals surface area contributed by atoms with Crippen LogP contribution in [0.3, 0.4) is 0 Å². The summed E-state index contributed by atoms with van der Waals surface area (Å²) >= 11 is 10.3. The smallest absolute Gasteiger partial charge is 0.170 e. The second-order valence-electron chi connectivity index (χ2n) is 5.75. The van der Waals surface area contributed by atoms with Crippen molar-refractivity contribution in [2.75, 3.05) is 0 Å². The van der Waals surface area contributed by atoms with Crippen LogP contribution in [0.1, 0.15) is 28.1 Å². The Morgan fingerprint density at radius 3 is 2.32 bits per heavy atom. The molecule has 0 saturated heterocycles. The summed E-state index contributed by atoms with van der Waals surface area (Å²) in [6.07, 6.45) is 1.71. The van der Waals surface area contributed by atoms with Gasteiger partial charge in [-0.15, -0.1) is 0 Å². The van der Waals surface area contributed by atoms with Crippen molar-refractivity contribution < 1.29 is 0 Å². The number of benzene rings is 1. The lowest BCUT2D eigenvalue weighted by atomic mass is 9.96. The number of rotatable bonds is 2. The van der Waals surface area contributed by atoms with Crippen LogP contribution in [-0.4, -0.2) is 19.3 Å². The fourth-order valence-corrected chi connectivity index (χ4v) is 3.90. The van der Waals surface area contributed by atoms with Crippen molar-refractivity contribution in [3.63, 3.8) is 0 Å². The Balaban J connectivity index is 2.33. The molecule has 3 aromatic rings. The van der Waals surface area contributed by atoms with Gasteiger partial charge in [0, 0.05) is 12.4 Å². The predicted octanol–water partition coefficient (Wildman–Crippen LogP) is 4.47. The summed E-state index contributed by atoms with van der Waals surface area (Å²) in [5, 5.41) is 6.24. The van der Waals surface area contributed by atoms with Crippen LogP contribution >= 0.6 is 27.5 Å². The largest absolute Gasteiger partial charge is 0.323 e. The van der Waals surface area contributed by atoms with Gasteiger partial charge in [-0.3, -0.25) is 4.68 Å². The minimum absolute atomic E-state index is 0.560. The molecule has 0 aliphatic rings. The SMILES string of the molecule is Cc1c(C)c(C)c2c(c1C)c(Br)c(Cl)n2Cc1ncn(C)n1. The Labute approximate surface area is 143 Å². The highest BCUT2D eigenvalue weighted by Gasteiger charge is 2.21. The van der Waals surface area contributed by atoms with E-state index >= 15 is 0 Å². The first kappa shape index (κ1) is 15.6. The molecule has 0 fully saturated rings. The standard InChI is InChI=1S/C16H18BrClN4/c1-8-9(2)11(4)15-13(10(8)3)14(17)16(18)22(15)6-12-19-7-21(5)20-12/h7H,6H2,1-5H3. The highest BCUT2D eigenvalue weighted by atomic mass is 79.9. The van der Waals surface area contributed by atoms with Crippen molar-refractivity contribution in [1.29, 1.82) is 0 Å². The number of aromatic nitrogens is 4. The van der Waals surface area contributed by atoms with Gasteiger partial charge < -0.3 is 4.57 Å². The van der Waals surface area contributed by atoms with Crippen LogP contribution in [0.2, 0.25) is 5.15 Å². The normalized spacial score (nSPS) is 11.6. The molecule has 0 aliphatic carbocycles. The van der Waals surface area contributed by atoms with E-state index in [1.807, 2.05) is 7.05 Å². The van der Waals surface area contributed by atoms with Crippen LogP contribution in [0.15, 0.2) is 10.8 Å². The number of nitrogens with zero attached hydrogens (tertiary/aromatic N) is 4. The van der Waals surface area contributed by atoms with Gasteiger partial charge >= 0.3 is 0 Å². The lowest BCUT2D eigenvalue weighted by Crippen LogP contribution is -2.04. The Hall–Kier alpha value is -1.33. The van der Waals surface area contributed by atoms with Gasteiger partial charge in [0.15, 0.2) is 5.82 Å². The summed E-state index contributed by atoms with van der Waals surface area (Å²) in [5.74, 6) is 0.754. The molecular weight excluding hydrogens is 364 g/mol. The van der Waals surface area contributed by atoms with Crippen LogP contribution in [0.5, 0.6) is 0 Å². The van der Waals surface area contributed by atoms with E-state index in [4.69, 9.17) is 11.6 Å². The van der Waals surface area contributed by atoms with Gasteiger partial charge in [-0.1, -0.05) is 11.6 Å². The third kappa shape index (κ3) is 2.18. The molecule has 0 aliphatic heterocycles. The van der Waals surface area contributed by atoms with Crippen LogP contribution < -0.4 is 0 Å². The fourth-order valence-electron chi connectivity index (χ4n) is 2.96. The minimum atomic E-state index is 0.560. The number of aryl methyl sites for hydroxylation is 3. The zero-order valence-electron chi connectivity index (χ0n) is 13.3. The third-order valence-electron chi connectivity index (χ3n) is 4.51. The van der Waals surface area contributed by atoms with Crippen molar-refractivity contribution in [2.24, 2.45) is 7.05 Å². The number of fused-ring (bicyclic) bond motifs is 1. The molecule has 0 unspecified atom stereocenters. The Morgan fingerprint density at radius 1 is 1.09 bits per heavy atom. The Morgan fingerprint density at radius 2 is 1.73 bits per heavy atom. The average molecular weight is 382 g/mol. The molecule has 0 spiro atoms. The summed E-state index contributed by atoms with van der Waals surface area (Å²) in [5.41, 5.74) is 6.29. The van der Waals surface area contributed by atoms with Gasteiger partial charge in [0.05, 0.1) is 16.5 Å². The molecule has 0 amide bonds.